The van der Waals surface area contributed by atoms with Crippen LogP contribution in [-0.2, 0) is 5.41 Å². The molecule has 0 radical (unpaired) electrons. The first-order valence-corrected chi connectivity index (χ1v) is 9.59. The van der Waals surface area contributed by atoms with Crippen molar-refractivity contribution < 1.29 is 19.4 Å². The van der Waals surface area contributed by atoms with Crippen molar-refractivity contribution in [1.29, 1.82) is 0 Å². The van der Waals surface area contributed by atoms with E-state index in [0.29, 0.717) is 30.9 Å². The molecular weight excluding hydrogens is 387 g/mol. The molecule has 0 saturated heterocycles. The molecule has 7 nitrogen and oxygen atoms in total. The summed E-state index contributed by atoms with van der Waals surface area (Å²) in [6, 6.07) is 11.6. The number of nitrogens with one attached hydrogen (secondary N) is 1. The molecule has 0 spiro atoms. The minimum Gasteiger partial charge on any atom is -0.506 e. The smallest absolute Gasteiger partial charge is 0.339 e. The average molecular weight is 408 g/mol. The molecule has 2 heterocycles. The Morgan fingerprint density at radius 2 is 2.00 bits per heavy atom. The van der Waals surface area contributed by atoms with Gasteiger partial charge in [-0.1, -0.05) is 12.1 Å². The van der Waals surface area contributed by atoms with E-state index in [2.05, 4.69) is 20.5 Å². The van der Waals surface area contributed by atoms with Crippen molar-refractivity contribution in [3.63, 3.8) is 0 Å². The van der Waals surface area contributed by atoms with E-state index in [4.69, 9.17) is 5.11 Å². The molecule has 0 bridgehead atoms. The zero-order chi connectivity index (χ0) is 21.3. The molecule has 4 rings (SSSR count). The van der Waals surface area contributed by atoms with E-state index in [9.17, 15) is 14.3 Å². The van der Waals surface area contributed by atoms with E-state index >= 15 is 0 Å². The highest BCUT2D eigenvalue weighted by Gasteiger charge is 2.47. The summed E-state index contributed by atoms with van der Waals surface area (Å²) in [5.41, 5.74) is 1.97. The molecular formula is C22H21FN4O3. The van der Waals surface area contributed by atoms with Crippen molar-refractivity contribution in [1.82, 2.24) is 15.2 Å². The van der Waals surface area contributed by atoms with Crippen LogP contribution in [-0.4, -0.2) is 44.1 Å². The van der Waals surface area contributed by atoms with Crippen molar-refractivity contribution in [3.8, 4) is 17.0 Å². The molecule has 1 fully saturated rings. The Hall–Kier alpha value is -3.55. The summed E-state index contributed by atoms with van der Waals surface area (Å²) in [7, 11) is 0. The molecule has 0 aliphatic heterocycles. The molecule has 1 aliphatic rings. The zero-order valence-corrected chi connectivity index (χ0v) is 16.3. The van der Waals surface area contributed by atoms with Gasteiger partial charge in [-0.25, -0.2) is 9.18 Å². The second-order valence-electron chi connectivity index (χ2n) is 7.62. The number of pyridine rings is 1. The van der Waals surface area contributed by atoms with Crippen LogP contribution < -0.4 is 5.32 Å². The molecule has 3 aromatic rings. The van der Waals surface area contributed by atoms with Crippen LogP contribution in [0.5, 0.6) is 5.75 Å². The van der Waals surface area contributed by atoms with Crippen LogP contribution in [0.2, 0.25) is 0 Å². The molecule has 0 unspecified atom stereocenters. The van der Waals surface area contributed by atoms with Crippen molar-refractivity contribution in [2.24, 2.45) is 0 Å². The number of aromatic nitrogens is 3. The second kappa shape index (κ2) is 7.70. The lowest BCUT2D eigenvalue weighted by Crippen LogP contribution is -2.48. The van der Waals surface area contributed by atoms with E-state index in [0.717, 1.165) is 11.3 Å². The molecule has 154 valence electrons. The monoisotopic (exact) mass is 408 g/mol. The van der Waals surface area contributed by atoms with Gasteiger partial charge in [0.05, 0.1) is 11.4 Å². The molecule has 1 aliphatic carbocycles. The van der Waals surface area contributed by atoms with Gasteiger partial charge in [0.25, 0.3) is 0 Å². The zero-order valence-electron chi connectivity index (χ0n) is 16.3. The molecule has 30 heavy (non-hydrogen) atoms. The lowest BCUT2D eigenvalue weighted by Gasteiger charge is -2.44. The van der Waals surface area contributed by atoms with Gasteiger partial charge in [0.1, 0.15) is 23.3 Å². The Bertz CT molecular complexity index is 1080. The highest BCUT2D eigenvalue weighted by molar-refractivity contribution is 5.93. The van der Waals surface area contributed by atoms with Crippen LogP contribution in [0.25, 0.3) is 11.3 Å². The van der Waals surface area contributed by atoms with E-state index < -0.39 is 12.1 Å². The minimum absolute atomic E-state index is 0.199. The topological polar surface area (TPSA) is 108 Å². The molecule has 3 N–H and O–H groups in total. The number of carboxylic acid groups (broad SMARTS) is 1. The standard InChI is InChI=1S/C22H21FN4O3/c1-13-4-3-9-24-20(13)22(10-14(23)11-22)12-25-18-8-7-17(26-27-18)15-5-2-6-16(19(15)28)21(29)30/h2-9,14,28H,10-12H2,1H3,(H,25,27)(H,29,30)/t14-,22-. The SMILES string of the molecule is Cc1cccnc1[C@]1(CNc2ccc(-c3cccc(C(=O)O)c3O)nn2)C[C@@H](F)C1. The summed E-state index contributed by atoms with van der Waals surface area (Å²) in [6.45, 7) is 2.45. The van der Waals surface area contributed by atoms with Crippen LogP contribution in [0.1, 0.15) is 34.5 Å². The van der Waals surface area contributed by atoms with Gasteiger partial charge in [0.2, 0.25) is 0 Å². The van der Waals surface area contributed by atoms with Gasteiger partial charge in [-0.05, 0) is 55.7 Å². The first-order valence-electron chi connectivity index (χ1n) is 9.59. The number of halogens is 1. The van der Waals surface area contributed by atoms with Gasteiger partial charge in [-0.3, -0.25) is 4.98 Å². The number of rotatable bonds is 6. The van der Waals surface area contributed by atoms with Crippen LogP contribution in [0.3, 0.4) is 0 Å². The van der Waals surface area contributed by atoms with Gasteiger partial charge in [0, 0.05) is 23.7 Å². The van der Waals surface area contributed by atoms with Gasteiger partial charge in [-0.2, -0.15) is 0 Å². The number of hydrogen-bond acceptors (Lipinski definition) is 6. The van der Waals surface area contributed by atoms with E-state index in [1.165, 1.54) is 12.1 Å². The lowest BCUT2D eigenvalue weighted by atomic mass is 9.64. The van der Waals surface area contributed by atoms with Crippen LogP contribution >= 0.6 is 0 Å². The fourth-order valence-corrected chi connectivity index (χ4v) is 4.00. The largest absolute Gasteiger partial charge is 0.506 e. The number of benzene rings is 1. The summed E-state index contributed by atoms with van der Waals surface area (Å²) in [4.78, 5) is 15.7. The second-order valence-corrected chi connectivity index (χ2v) is 7.62. The lowest BCUT2D eigenvalue weighted by molar-refractivity contribution is 0.0693. The van der Waals surface area contributed by atoms with E-state index in [1.807, 2.05) is 19.1 Å². The predicted octanol–water partition coefficient (Wildman–Crippen LogP) is 3.73. The Morgan fingerprint density at radius 3 is 2.63 bits per heavy atom. The number of anilines is 1. The van der Waals surface area contributed by atoms with Gasteiger partial charge in [0.15, 0.2) is 0 Å². The highest BCUT2D eigenvalue weighted by atomic mass is 19.1. The Labute approximate surface area is 172 Å². The maximum absolute atomic E-state index is 13.8. The average Bonchev–Trinajstić information content (AvgIpc) is 2.71. The molecule has 8 heteroatoms. The first-order chi connectivity index (χ1) is 14.4. The van der Waals surface area contributed by atoms with E-state index in [-0.39, 0.29) is 22.3 Å². The quantitative estimate of drug-likeness (QED) is 0.570. The molecule has 2 aromatic heterocycles. The third kappa shape index (κ3) is 3.56. The summed E-state index contributed by atoms with van der Waals surface area (Å²) < 4.78 is 13.8. The number of hydrogen-bond donors (Lipinski definition) is 3. The molecule has 1 aromatic carbocycles. The highest BCUT2D eigenvalue weighted by Crippen LogP contribution is 2.45. The summed E-state index contributed by atoms with van der Waals surface area (Å²) >= 11 is 0. The molecule has 0 amide bonds. The van der Waals surface area contributed by atoms with Crippen molar-refractivity contribution in [3.05, 3.63) is 65.5 Å². The van der Waals surface area contributed by atoms with Gasteiger partial charge in [-0.15, -0.1) is 10.2 Å². The van der Waals surface area contributed by atoms with Crippen LogP contribution in [0.4, 0.5) is 10.2 Å². The number of para-hydroxylation sites is 1. The number of aromatic carboxylic acids is 1. The van der Waals surface area contributed by atoms with Crippen LogP contribution in [0, 0.1) is 6.92 Å². The van der Waals surface area contributed by atoms with Crippen LogP contribution in [0.15, 0.2) is 48.7 Å². The number of phenols is 1. The number of nitrogens with zero attached hydrogens (tertiary/aromatic N) is 3. The van der Waals surface area contributed by atoms with Crippen molar-refractivity contribution in [2.75, 3.05) is 11.9 Å². The maximum atomic E-state index is 13.8. The number of carboxylic acids is 1. The first kappa shape index (κ1) is 19.8. The Morgan fingerprint density at radius 1 is 1.20 bits per heavy atom. The normalized spacial score (nSPS) is 20.4. The third-order valence-corrected chi connectivity index (χ3v) is 5.55. The molecule has 0 atom stereocenters. The summed E-state index contributed by atoms with van der Waals surface area (Å²) in [5, 5.41) is 30.8. The Kier molecular flexibility index (Phi) is 5.07. The predicted molar refractivity (Wildman–Crippen MR) is 109 cm³/mol. The molecule has 1 saturated carbocycles. The number of carbonyl (C=O) groups is 1. The third-order valence-electron chi connectivity index (χ3n) is 5.55. The number of aromatic hydroxyl groups is 1. The summed E-state index contributed by atoms with van der Waals surface area (Å²) in [6.07, 6.45) is 1.69. The number of alkyl halides is 1. The number of aryl methyl sites for hydroxylation is 1. The fraction of sp³-hybridized carbons (Fsp3) is 0.273. The minimum atomic E-state index is -1.22. The fourth-order valence-electron chi connectivity index (χ4n) is 4.00. The van der Waals surface area contributed by atoms with Gasteiger partial charge >= 0.3 is 5.97 Å². The Balaban J connectivity index is 1.52. The maximum Gasteiger partial charge on any atom is 0.339 e. The van der Waals surface area contributed by atoms with Gasteiger partial charge < -0.3 is 15.5 Å². The van der Waals surface area contributed by atoms with E-state index in [1.54, 1.807) is 24.4 Å². The van der Waals surface area contributed by atoms with Crippen molar-refractivity contribution in [2.45, 2.75) is 31.4 Å². The van der Waals surface area contributed by atoms with Crippen molar-refractivity contribution >= 4 is 11.8 Å². The summed E-state index contributed by atoms with van der Waals surface area (Å²) in [5.74, 6) is -1.07.